The first kappa shape index (κ1) is 21.5. The molecule has 3 N–H and O–H groups in total. The van der Waals surface area contributed by atoms with Gasteiger partial charge in [-0.1, -0.05) is 33.8 Å². The van der Waals surface area contributed by atoms with E-state index in [0.29, 0.717) is 12.1 Å². The molecule has 1 atom stereocenters. The molecule has 7 heteroatoms. The first-order valence-corrected chi connectivity index (χ1v) is 8.74. The molecule has 0 heterocycles. The molecule has 0 aliphatic carbocycles. The fourth-order valence-corrected chi connectivity index (χ4v) is 2.30. The topological polar surface area (TPSA) is 105 Å². The number of urea groups is 1. The number of hydrogen-bond acceptors (Lipinski definition) is 5. The third kappa shape index (κ3) is 5.47. The first-order valence-electron chi connectivity index (χ1n) is 8.74. The van der Waals surface area contributed by atoms with Gasteiger partial charge in [0.25, 0.3) is 5.91 Å². The molecule has 0 aromatic heterocycles. The Morgan fingerprint density at radius 2 is 1.69 bits per heavy atom. The average molecular weight is 364 g/mol. The van der Waals surface area contributed by atoms with Crippen LogP contribution in [0.25, 0.3) is 0 Å². The van der Waals surface area contributed by atoms with Gasteiger partial charge in [0.15, 0.2) is 6.10 Å². The van der Waals surface area contributed by atoms with E-state index in [1.165, 1.54) is 6.92 Å². The van der Waals surface area contributed by atoms with Crippen molar-refractivity contribution >= 4 is 17.9 Å². The standard InChI is InChI=1S/C19H28N2O5/c1-7-20-19(25)21-17(23)12(6)26-18(24)15-9-13(10(2)3)8-14(11(4)5)16(15)22/h8-12,22H,7H2,1-6H3,(H2,20,21,23,25). The minimum Gasteiger partial charge on any atom is -0.507 e. The molecule has 1 rings (SSSR count). The van der Waals surface area contributed by atoms with Crippen molar-refractivity contribution in [1.82, 2.24) is 10.6 Å². The summed E-state index contributed by atoms with van der Waals surface area (Å²) in [5.74, 6) is -1.54. The van der Waals surface area contributed by atoms with Gasteiger partial charge in [-0.05, 0) is 42.9 Å². The van der Waals surface area contributed by atoms with Crippen molar-refractivity contribution in [3.8, 4) is 5.75 Å². The van der Waals surface area contributed by atoms with E-state index in [-0.39, 0.29) is 23.1 Å². The van der Waals surface area contributed by atoms with Crippen molar-refractivity contribution in [3.05, 3.63) is 28.8 Å². The number of carbonyl (C=O) groups excluding carboxylic acids is 3. The third-order valence-corrected chi connectivity index (χ3v) is 3.90. The molecule has 0 saturated heterocycles. The van der Waals surface area contributed by atoms with Gasteiger partial charge in [0.2, 0.25) is 0 Å². The molecule has 0 spiro atoms. The Labute approximate surface area is 154 Å². The predicted octanol–water partition coefficient (Wildman–Crippen LogP) is 3.03. The van der Waals surface area contributed by atoms with Crippen LogP contribution in [0.15, 0.2) is 12.1 Å². The molecular weight excluding hydrogens is 336 g/mol. The van der Waals surface area contributed by atoms with Gasteiger partial charge in [0.05, 0.1) is 0 Å². The largest absolute Gasteiger partial charge is 0.507 e. The Bertz CT molecular complexity index is 683. The maximum Gasteiger partial charge on any atom is 0.342 e. The van der Waals surface area contributed by atoms with Crippen molar-refractivity contribution in [2.75, 3.05) is 6.54 Å². The average Bonchev–Trinajstić information content (AvgIpc) is 2.54. The molecule has 1 aromatic carbocycles. The summed E-state index contributed by atoms with van der Waals surface area (Å²) in [6, 6.07) is 2.78. The number of imide groups is 1. The number of rotatable bonds is 6. The fourth-order valence-electron chi connectivity index (χ4n) is 2.30. The van der Waals surface area contributed by atoms with Crippen LogP contribution >= 0.6 is 0 Å². The van der Waals surface area contributed by atoms with E-state index in [0.717, 1.165) is 5.56 Å². The molecule has 0 saturated carbocycles. The van der Waals surface area contributed by atoms with Crippen LogP contribution in [0, 0.1) is 0 Å². The van der Waals surface area contributed by atoms with Crippen LogP contribution < -0.4 is 10.6 Å². The summed E-state index contributed by atoms with van der Waals surface area (Å²) in [6.07, 6.45) is -1.19. The summed E-state index contributed by atoms with van der Waals surface area (Å²) >= 11 is 0. The summed E-state index contributed by atoms with van der Waals surface area (Å²) in [5.41, 5.74) is 1.54. The van der Waals surface area contributed by atoms with Gasteiger partial charge in [-0.25, -0.2) is 9.59 Å². The molecule has 1 unspecified atom stereocenters. The number of benzene rings is 1. The van der Waals surface area contributed by atoms with Gasteiger partial charge < -0.3 is 15.2 Å². The highest BCUT2D eigenvalue weighted by Crippen LogP contribution is 2.33. The smallest absolute Gasteiger partial charge is 0.342 e. The van der Waals surface area contributed by atoms with E-state index in [1.54, 1.807) is 13.0 Å². The lowest BCUT2D eigenvalue weighted by Crippen LogP contribution is -2.44. The van der Waals surface area contributed by atoms with Crippen molar-refractivity contribution in [2.24, 2.45) is 0 Å². The number of esters is 1. The Balaban J connectivity index is 3.02. The summed E-state index contributed by atoms with van der Waals surface area (Å²) in [7, 11) is 0. The van der Waals surface area contributed by atoms with Gasteiger partial charge in [-0.2, -0.15) is 0 Å². The number of ether oxygens (including phenoxy) is 1. The highest BCUT2D eigenvalue weighted by Gasteiger charge is 2.25. The summed E-state index contributed by atoms with van der Waals surface area (Å²) < 4.78 is 5.14. The Morgan fingerprint density at radius 3 is 2.19 bits per heavy atom. The number of hydrogen-bond donors (Lipinski definition) is 3. The van der Waals surface area contributed by atoms with Gasteiger partial charge in [0.1, 0.15) is 11.3 Å². The van der Waals surface area contributed by atoms with E-state index in [2.05, 4.69) is 10.6 Å². The number of phenolic OH excluding ortho intramolecular Hbond substituents is 1. The second-order valence-electron chi connectivity index (χ2n) is 6.71. The molecule has 0 radical (unpaired) electrons. The molecule has 0 aliphatic rings. The lowest BCUT2D eigenvalue weighted by atomic mass is 9.92. The summed E-state index contributed by atoms with van der Waals surface area (Å²) in [4.78, 5) is 35.8. The van der Waals surface area contributed by atoms with Gasteiger partial charge >= 0.3 is 12.0 Å². The van der Waals surface area contributed by atoms with Crippen LogP contribution in [0.4, 0.5) is 4.79 Å². The van der Waals surface area contributed by atoms with Crippen molar-refractivity contribution in [3.63, 3.8) is 0 Å². The number of amides is 3. The zero-order chi connectivity index (χ0) is 20.0. The van der Waals surface area contributed by atoms with Gasteiger partial charge in [-0.15, -0.1) is 0 Å². The minimum atomic E-state index is -1.19. The van der Waals surface area contributed by atoms with Crippen LogP contribution in [-0.4, -0.2) is 35.7 Å². The molecule has 0 bridgehead atoms. The number of nitrogens with one attached hydrogen (secondary N) is 2. The maximum atomic E-state index is 12.5. The second kappa shape index (κ2) is 9.22. The molecule has 0 aliphatic heterocycles. The van der Waals surface area contributed by atoms with Crippen LogP contribution in [0.1, 0.15) is 74.9 Å². The van der Waals surface area contributed by atoms with E-state index in [9.17, 15) is 19.5 Å². The monoisotopic (exact) mass is 364 g/mol. The highest BCUT2D eigenvalue weighted by molar-refractivity contribution is 5.99. The molecule has 1 aromatic rings. The first-order chi connectivity index (χ1) is 12.1. The molecule has 144 valence electrons. The number of phenols is 1. The van der Waals surface area contributed by atoms with E-state index >= 15 is 0 Å². The SMILES string of the molecule is CCNC(=O)NC(=O)C(C)OC(=O)c1cc(C(C)C)cc(C(C)C)c1O. The minimum absolute atomic E-state index is 0.0116. The fraction of sp³-hybridized carbons (Fsp3) is 0.526. The molecule has 3 amide bonds. The van der Waals surface area contributed by atoms with Gasteiger partial charge in [0, 0.05) is 6.54 Å². The predicted molar refractivity (Wildman–Crippen MR) is 98.4 cm³/mol. The number of carbonyl (C=O) groups is 3. The summed E-state index contributed by atoms with van der Waals surface area (Å²) in [5, 5.41) is 14.9. The van der Waals surface area contributed by atoms with E-state index in [1.807, 2.05) is 33.8 Å². The normalized spacial score (nSPS) is 12.0. The Morgan fingerprint density at radius 1 is 1.08 bits per heavy atom. The lowest BCUT2D eigenvalue weighted by molar-refractivity contribution is -0.127. The maximum absolute atomic E-state index is 12.5. The Hall–Kier alpha value is -2.57. The van der Waals surface area contributed by atoms with Crippen LogP contribution in [-0.2, 0) is 9.53 Å². The van der Waals surface area contributed by atoms with Crippen molar-refractivity contribution < 1.29 is 24.2 Å². The summed E-state index contributed by atoms with van der Waals surface area (Å²) in [6.45, 7) is 11.2. The quantitative estimate of drug-likeness (QED) is 0.673. The number of aromatic hydroxyl groups is 1. The zero-order valence-corrected chi connectivity index (χ0v) is 16.2. The lowest BCUT2D eigenvalue weighted by Gasteiger charge is -2.18. The van der Waals surface area contributed by atoms with E-state index < -0.39 is 24.0 Å². The van der Waals surface area contributed by atoms with Crippen LogP contribution in [0.5, 0.6) is 5.75 Å². The highest BCUT2D eigenvalue weighted by atomic mass is 16.5. The van der Waals surface area contributed by atoms with E-state index in [4.69, 9.17) is 4.74 Å². The third-order valence-electron chi connectivity index (χ3n) is 3.90. The molecule has 0 fully saturated rings. The zero-order valence-electron chi connectivity index (χ0n) is 16.2. The van der Waals surface area contributed by atoms with Gasteiger partial charge in [-0.3, -0.25) is 10.1 Å². The molecule has 7 nitrogen and oxygen atoms in total. The van der Waals surface area contributed by atoms with Crippen LogP contribution in [0.3, 0.4) is 0 Å². The van der Waals surface area contributed by atoms with Crippen molar-refractivity contribution in [2.45, 2.75) is 59.5 Å². The Kier molecular flexibility index (Phi) is 7.61. The van der Waals surface area contributed by atoms with Crippen molar-refractivity contribution in [1.29, 1.82) is 0 Å². The molecule has 26 heavy (non-hydrogen) atoms. The van der Waals surface area contributed by atoms with Crippen LogP contribution in [0.2, 0.25) is 0 Å². The molecular formula is C19H28N2O5. The second-order valence-corrected chi connectivity index (χ2v) is 6.71.